The lowest BCUT2D eigenvalue weighted by atomic mass is 9.85. The zero-order valence-electron chi connectivity index (χ0n) is 10.5. The molecule has 3 nitrogen and oxygen atoms in total. The number of carbonyl (C=O) groups excluding carboxylic acids is 1. The summed E-state index contributed by atoms with van der Waals surface area (Å²) in [5, 5.41) is 6.55. The van der Waals surface area contributed by atoms with Crippen LogP contribution in [0.2, 0.25) is 0 Å². The van der Waals surface area contributed by atoms with Gasteiger partial charge in [-0.05, 0) is 31.2 Å². The third-order valence-electron chi connectivity index (χ3n) is 4.29. The zero-order valence-corrected chi connectivity index (χ0v) is 10.5. The lowest BCUT2D eigenvalue weighted by molar-refractivity contribution is -0.126. The van der Waals surface area contributed by atoms with E-state index in [4.69, 9.17) is 0 Å². The number of nitrogens with one attached hydrogen (secondary N) is 2. The van der Waals surface area contributed by atoms with Crippen LogP contribution in [0.4, 0.5) is 0 Å². The van der Waals surface area contributed by atoms with Crippen LogP contribution in [0.25, 0.3) is 0 Å². The summed E-state index contributed by atoms with van der Waals surface area (Å²) in [6.45, 7) is 6.27. The Morgan fingerprint density at radius 2 is 1.88 bits per heavy atom. The van der Waals surface area contributed by atoms with E-state index in [2.05, 4.69) is 24.5 Å². The molecule has 0 aromatic heterocycles. The quantitative estimate of drug-likeness (QED) is 0.747. The molecule has 0 bridgehead atoms. The van der Waals surface area contributed by atoms with Crippen LogP contribution >= 0.6 is 0 Å². The fourth-order valence-electron chi connectivity index (χ4n) is 2.98. The highest BCUT2D eigenvalue weighted by molar-refractivity contribution is 5.79. The molecule has 3 heteroatoms. The molecule has 0 aromatic carbocycles. The van der Waals surface area contributed by atoms with Crippen molar-refractivity contribution in [2.45, 2.75) is 45.6 Å². The minimum absolute atomic E-state index is 0.189. The average molecular weight is 224 g/mol. The highest BCUT2D eigenvalue weighted by Gasteiger charge is 2.32. The van der Waals surface area contributed by atoms with Gasteiger partial charge in [-0.25, -0.2) is 0 Å². The molecule has 2 rings (SSSR count). The van der Waals surface area contributed by atoms with Crippen molar-refractivity contribution in [1.29, 1.82) is 0 Å². The van der Waals surface area contributed by atoms with Crippen molar-refractivity contribution >= 4 is 5.91 Å². The van der Waals surface area contributed by atoms with Crippen LogP contribution in [0, 0.1) is 17.8 Å². The molecule has 2 N–H and O–H groups in total. The summed E-state index contributed by atoms with van der Waals surface area (Å²) in [4.78, 5) is 12.1. The van der Waals surface area contributed by atoms with Gasteiger partial charge < -0.3 is 10.6 Å². The van der Waals surface area contributed by atoms with Gasteiger partial charge in [0.05, 0.1) is 5.92 Å². The minimum Gasteiger partial charge on any atom is -0.353 e. The number of amides is 1. The SMILES string of the molecule is CC1CCCCC1NC(=O)[C@@H]1CNC[C@H]1C. The maximum absolute atomic E-state index is 12.1. The molecule has 0 aromatic rings. The van der Waals surface area contributed by atoms with E-state index in [0.717, 1.165) is 13.1 Å². The topological polar surface area (TPSA) is 41.1 Å². The van der Waals surface area contributed by atoms with Crippen LogP contribution in [-0.2, 0) is 4.79 Å². The summed E-state index contributed by atoms with van der Waals surface area (Å²) in [6.07, 6.45) is 5.04. The van der Waals surface area contributed by atoms with Crippen LogP contribution < -0.4 is 10.6 Å². The largest absolute Gasteiger partial charge is 0.353 e. The third-order valence-corrected chi connectivity index (χ3v) is 4.29. The molecule has 0 spiro atoms. The van der Waals surface area contributed by atoms with Crippen molar-refractivity contribution in [2.24, 2.45) is 17.8 Å². The van der Waals surface area contributed by atoms with Crippen LogP contribution in [0.15, 0.2) is 0 Å². The van der Waals surface area contributed by atoms with Gasteiger partial charge in [0.2, 0.25) is 5.91 Å². The summed E-state index contributed by atoms with van der Waals surface area (Å²) in [7, 11) is 0. The minimum atomic E-state index is 0.189. The van der Waals surface area contributed by atoms with Crippen molar-refractivity contribution in [3.63, 3.8) is 0 Å². The number of rotatable bonds is 2. The molecular weight excluding hydrogens is 200 g/mol. The normalized spacial score (nSPS) is 39.6. The van der Waals surface area contributed by atoms with Gasteiger partial charge >= 0.3 is 0 Å². The molecule has 1 amide bonds. The van der Waals surface area contributed by atoms with E-state index in [1.165, 1.54) is 25.7 Å². The van der Waals surface area contributed by atoms with Gasteiger partial charge in [-0.15, -0.1) is 0 Å². The van der Waals surface area contributed by atoms with Crippen molar-refractivity contribution in [1.82, 2.24) is 10.6 Å². The highest BCUT2D eigenvalue weighted by Crippen LogP contribution is 2.25. The Labute approximate surface area is 98.4 Å². The lowest BCUT2D eigenvalue weighted by Gasteiger charge is -2.30. The second kappa shape index (κ2) is 5.17. The van der Waals surface area contributed by atoms with Crippen LogP contribution in [0.5, 0.6) is 0 Å². The molecule has 2 aliphatic rings. The Bertz CT molecular complexity index is 254. The fourth-order valence-corrected chi connectivity index (χ4v) is 2.98. The molecular formula is C13H24N2O. The van der Waals surface area contributed by atoms with Gasteiger partial charge in [-0.1, -0.05) is 26.7 Å². The van der Waals surface area contributed by atoms with Crippen molar-refractivity contribution in [3.05, 3.63) is 0 Å². The van der Waals surface area contributed by atoms with E-state index < -0.39 is 0 Å². The molecule has 2 fully saturated rings. The maximum atomic E-state index is 12.1. The van der Waals surface area contributed by atoms with E-state index in [1.807, 2.05) is 0 Å². The zero-order chi connectivity index (χ0) is 11.5. The average Bonchev–Trinajstić information content (AvgIpc) is 2.68. The summed E-state index contributed by atoms with van der Waals surface area (Å²) >= 11 is 0. The molecule has 16 heavy (non-hydrogen) atoms. The predicted molar refractivity (Wildman–Crippen MR) is 65.1 cm³/mol. The maximum Gasteiger partial charge on any atom is 0.224 e. The van der Waals surface area contributed by atoms with E-state index in [0.29, 0.717) is 17.9 Å². The Balaban J connectivity index is 1.86. The second-order valence-corrected chi connectivity index (χ2v) is 5.62. The molecule has 92 valence electrons. The van der Waals surface area contributed by atoms with Gasteiger partial charge in [0, 0.05) is 12.6 Å². The fraction of sp³-hybridized carbons (Fsp3) is 0.923. The van der Waals surface area contributed by atoms with Crippen LogP contribution in [0.1, 0.15) is 39.5 Å². The summed E-state index contributed by atoms with van der Waals surface area (Å²) < 4.78 is 0. The van der Waals surface area contributed by atoms with Crippen LogP contribution in [0.3, 0.4) is 0 Å². The first-order chi connectivity index (χ1) is 7.68. The molecule has 2 unspecified atom stereocenters. The van der Waals surface area contributed by atoms with E-state index in [9.17, 15) is 4.79 Å². The Hall–Kier alpha value is -0.570. The Morgan fingerprint density at radius 1 is 1.12 bits per heavy atom. The number of hydrogen-bond acceptors (Lipinski definition) is 2. The van der Waals surface area contributed by atoms with Gasteiger partial charge in [-0.3, -0.25) is 4.79 Å². The summed E-state index contributed by atoms with van der Waals surface area (Å²) in [5.41, 5.74) is 0. The molecule has 1 saturated heterocycles. The van der Waals surface area contributed by atoms with Crippen molar-refractivity contribution < 1.29 is 4.79 Å². The summed E-state index contributed by atoms with van der Waals surface area (Å²) in [6, 6.07) is 0.425. The van der Waals surface area contributed by atoms with Gasteiger partial charge in [0.15, 0.2) is 0 Å². The number of carbonyl (C=O) groups is 1. The molecule has 1 heterocycles. The third kappa shape index (κ3) is 2.57. The number of hydrogen-bond donors (Lipinski definition) is 2. The van der Waals surface area contributed by atoms with Crippen LogP contribution in [-0.4, -0.2) is 25.0 Å². The monoisotopic (exact) mass is 224 g/mol. The van der Waals surface area contributed by atoms with Gasteiger partial charge in [-0.2, -0.15) is 0 Å². The Kier molecular flexibility index (Phi) is 3.85. The molecule has 0 radical (unpaired) electrons. The lowest BCUT2D eigenvalue weighted by Crippen LogP contribution is -2.45. The molecule has 1 aliphatic heterocycles. The first-order valence-electron chi connectivity index (χ1n) is 6.69. The van der Waals surface area contributed by atoms with Gasteiger partial charge in [0.25, 0.3) is 0 Å². The second-order valence-electron chi connectivity index (χ2n) is 5.62. The molecule has 4 atom stereocenters. The van der Waals surface area contributed by atoms with Gasteiger partial charge in [0.1, 0.15) is 0 Å². The predicted octanol–water partition coefficient (Wildman–Crippen LogP) is 1.54. The standard InChI is InChI=1S/C13H24N2O/c1-9-5-3-4-6-12(9)15-13(16)11-8-14-7-10(11)2/h9-12,14H,3-8H2,1-2H3,(H,15,16)/t9?,10-,11-,12?/m1/s1. The van der Waals surface area contributed by atoms with E-state index >= 15 is 0 Å². The summed E-state index contributed by atoms with van der Waals surface area (Å²) in [5.74, 6) is 1.60. The highest BCUT2D eigenvalue weighted by atomic mass is 16.2. The van der Waals surface area contributed by atoms with Crippen molar-refractivity contribution in [3.8, 4) is 0 Å². The molecule has 1 saturated carbocycles. The van der Waals surface area contributed by atoms with E-state index in [1.54, 1.807) is 0 Å². The van der Waals surface area contributed by atoms with E-state index in [-0.39, 0.29) is 11.8 Å². The smallest absolute Gasteiger partial charge is 0.224 e. The van der Waals surface area contributed by atoms with Crippen molar-refractivity contribution in [2.75, 3.05) is 13.1 Å². The Morgan fingerprint density at radius 3 is 2.50 bits per heavy atom. The molecule has 1 aliphatic carbocycles. The first kappa shape index (κ1) is 11.9. The first-order valence-corrected chi connectivity index (χ1v) is 6.69.